The summed E-state index contributed by atoms with van der Waals surface area (Å²) in [5.41, 5.74) is 2.03. The van der Waals surface area contributed by atoms with Crippen molar-refractivity contribution in [3.63, 3.8) is 0 Å². The number of non-ortho nitro benzene ring substituents is 1. The third-order valence-electron chi connectivity index (χ3n) is 5.38. The van der Waals surface area contributed by atoms with Crippen LogP contribution in [0.2, 0.25) is 0 Å². The van der Waals surface area contributed by atoms with Crippen molar-refractivity contribution < 1.29 is 9.31 Å². The molecule has 5 nitrogen and oxygen atoms in total. The smallest absolute Gasteiger partial charge is 0.270 e. The van der Waals surface area contributed by atoms with Crippen LogP contribution in [0.1, 0.15) is 32.1 Å². The second kappa shape index (κ2) is 8.69. The first kappa shape index (κ1) is 19.5. The van der Waals surface area contributed by atoms with E-state index in [2.05, 4.69) is 9.56 Å². The van der Waals surface area contributed by atoms with Crippen molar-refractivity contribution in [1.29, 1.82) is 0 Å². The topological polar surface area (TPSA) is 60.4 Å². The van der Waals surface area contributed by atoms with Crippen LogP contribution in [-0.4, -0.2) is 9.49 Å². The van der Waals surface area contributed by atoms with Gasteiger partial charge >= 0.3 is 0 Å². The molecule has 2 aromatic carbocycles. The summed E-state index contributed by atoms with van der Waals surface area (Å²) in [4.78, 5) is 16.1. The quantitative estimate of drug-likeness (QED) is 0.377. The standard InChI is InChI=1S/C22H22FN3O2S/c23-19-11-4-5-12-20(19)24-22-25(14-16-7-2-1-3-8-16)21(15-29-22)17-9-6-10-18(13-17)26(27)28/h4-6,9-13,15-16H,1-3,7-8,14H2. The fourth-order valence-electron chi connectivity index (χ4n) is 3.88. The second-order valence-electron chi connectivity index (χ2n) is 7.39. The van der Waals surface area contributed by atoms with E-state index < -0.39 is 0 Å². The molecule has 7 heteroatoms. The molecule has 0 spiro atoms. The molecule has 0 bridgehead atoms. The first-order valence-electron chi connectivity index (χ1n) is 9.84. The van der Waals surface area contributed by atoms with Crippen LogP contribution in [0, 0.1) is 21.8 Å². The molecule has 1 fully saturated rings. The number of benzene rings is 2. The Morgan fingerprint density at radius 3 is 2.69 bits per heavy atom. The van der Waals surface area contributed by atoms with Crippen LogP contribution in [0.25, 0.3) is 11.3 Å². The normalized spacial score (nSPS) is 15.6. The Balaban J connectivity index is 1.81. The molecule has 0 amide bonds. The van der Waals surface area contributed by atoms with E-state index in [-0.39, 0.29) is 16.4 Å². The van der Waals surface area contributed by atoms with E-state index in [1.807, 2.05) is 11.4 Å². The van der Waals surface area contributed by atoms with Crippen molar-refractivity contribution in [2.45, 2.75) is 38.6 Å². The van der Waals surface area contributed by atoms with E-state index >= 15 is 0 Å². The van der Waals surface area contributed by atoms with Gasteiger partial charge in [0.25, 0.3) is 5.69 Å². The van der Waals surface area contributed by atoms with Crippen molar-refractivity contribution in [1.82, 2.24) is 4.57 Å². The van der Waals surface area contributed by atoms with Crippen molar-refractivity contribution >= 4 is 22.7 Å². The van der Waals surface area contributed by atoms with Crippen LogP contribution in [0.15, 0.2) is 58.9 Å². The van der Waals surface area contributed by atoms with Gasteiger partial charge in [-0.3, -0.25) is 10.1 Å². The summed E-state index contributed by atoms with van der Waals surface area (Å²) in [6.07, 6.45) is 6.05. The third-order valence-corrected chi connectivity index (χ3v) is 6.25. The van der Waals surface area contributed by atoms with Gasteiger partial charge in [0.2, 0.25) is 0 Å². The molecule has 4 rings (SSSR count). The van der Waals surface area contributed by atoms with Crippen molar-refractivity contribution in [3.05, 3.63) is 74.6 Å². The van der Waals surface area contributed by atoms with E-state index in [1.165, 1.54) is 42.7 Å². The zero-order valence-corrected chi connectivity index (χ0v) is 16.8. The highest BCUT2D eigenvalue weighted by atomic mass is 32.1. The van der Waals surface area contributed by atoms with Gasteiger partial charge in [-0.05, 0) is 30.9 Å². The predicted octanol–water partition coefficient (Wildman–Crippen LogP) is 6.08. The third kappa shape index (κ3) is 4.45. The minimum Gasteiger partial charge on any atom is -0.316 e. The van der Waals surface area contributed by atoms with E-state index in [4.69, 9.17) is 0 Å². The van der Waals surface area contributed by atoms with Crippen molar-refractivity contribution in [3.8, 4) is 11.3 Å². The summed E-state index contributed by atoms with van der Waals surface area (Å²) in [6.45, 7) is 0.787. The minimum atomic E-state index is -0.383. The lowest BCUT2D eigenvalue weighted by Gasteiger charge is -2.23. The lowest BCUT2D eigenvalue weighted by atomic mass is 9.89. The van der Waals surface area contributed by atoms with E-state index in [9.17, 15) is 14.5 Å². The van der Waals surface area contributed by atoms with Gasteiger partial charge in [0, 0.05) is 29.6 Å². The molecule has 1 aromatic heterocycles. The monoisotopic (exact) mass is 411 g/mol. The summed E-state index contributed by atoms with van der Waals surface area (Å²) >= 11 is 1.44. The largest absolute Gasteiger partial charge is 0.316 e. The van der Waals surface area contributed by atoms with Gasteiger partial charge < -0.3 is 4.57 Å². The second-order valence-corrected chi connectivity index (χ2v) is 8.23. The molecule has 0 unspecified atom stereocenters. The number of thiazole rings is 1. The Hall–Kier alpha value is -2.80. The Bertz CT molecular complexity index is 1080. The van der Waals surface area contributed by atoms with Gasteiger partial charge in [-0.2, -0.15) is 0 Å². The number of hydrogen-bond donors (Lipinski definition) is 0. The molecular weight excluding hydrogens is 389 g/mol. The molecule has 0 saturated heterocycles. The van der Waals surface area contributed by atoms with E-state index in [1.54, 1.807) is 30.3 Å². The molecule has 0 N–H and O–H groups in total. The van der Waals surface area contributed by atoms with E-state index in [0.717, 1.165) is 30.6 Å². The van der Waals surface area contributed by atoms with Gasteiger partial charge in [0.15, 0.2) is 4.80 Å². The number of aromatic nitrogens is 1. The number of para-hydroxylation sites is 1. The first-order chi connectivity index (χ1) is 14.1. The van der Waals surface area contributed by atoms with E-state index in [0.29, 0.717) is 16.4 Å². The summed E-state index contributed by atoms with van der Waals surface area (Å²) in [5, 5.41) is 13.2. The van der Waals surface area contributed by atoms with Crippen molar-refractivity contribution in [2.24, 2.45) is 10.9 Å². The molecular formula is C22H22FN3O2S. The maximum Gasteiger partial charge on any atom is 0.270 e. The highest BCUT2D eigenvalue weighted by molar-refractivity contribution is 7.07. The van der Waals surface area contributed by atoms with Gasteiger partial charge in [-0.15, -0.1) is 11.3 Å². The zero-order chi connectivity index (χ0) is 20.2. The fraction of sp³-hybridized carbons (Fsp3) is 0.318. The van der Waals surface area contributed by atoms with Gasteiger partial charge in [-0.1, -0.05) is 43.5 Å². The molecule has 0 atom stereocenters. The Morgan fingerprint density at radius 2 is 1.93 bits per heavy atom. The predicted molar refractivity (Wildman–Crippen MR) is 113 cm³/mol. The number of nitrogens with zero attached hydrogens (tertiary/aromatic N) is 3. The first-order valence-corrected chi connectivity index (χ1v) is 10.7. The Labute approximate surface area is 172 Å². The SMILES string of the molecule is O=[N+]([O-])c1cccc(-c2csc(=Nc3ccccc3F)n2CC2CCCCC2)c1. The van der Waals surface area contributed by atoms with Gasteiger partial charge in [0.05, 0.1) is 10.6 Å². The van der Waals surface area contributed by atoms with Crippen LogP contribution in [0.4, 0.5) is 15.8 Å². The Morgan fingerprint density at radius 1 is 1.14 bits per heavy atom. The molecule has 150 valence electrons. The average molecular weight is 412 g/mol. The van der Waals surface area contributed by atoms with Crippen LogP contribution in [0.5, 0.6) is 0 Å². The molecule has 1 aliphatic carbocycles. The molecule has 1 saturated carbocycles. The maximum absolute atomic E-state index is 14.2. The zero-order valence-electron chi connectivity index (χ0n) is 16.0. The molecule has 0 radical (unpaired) electrons. The lowest BCUT2D eigenvalue weighted by molar-refractivity contribution is -0.384. The van der Waals surface area contributed by atoms with Gasteiger partial charge in [0.1, 0.15) is 11.5 Å². The number of nitro groups is 1. The summed E-state index contributed by atoms with van der Waals surface area (Å²) in [5.74, 6) is 0.178. The summed E-state index contributed by atoms with van der Waals surface area (Å²) < 4.78 is 16.3. The van der Waals surface area contributed by atoms with Crippen molar-refractivity contribution in [2.75, 3.05) is 0 Å². The van der Waals surface area contributed by atoms with Crippen LogP contribution in [0.3, 0.4) is 0 Å². The van der Waals surface area contributed by atoms with Gasteiger partial charge in [-0.25, -0.2) is 9.38 Å². The molecule has 1 heterocycles. The molecule has 3 aromatic rings. The number of rotatable bonds is 5. The Kier molecular flexibility index (Phi) is 5.85. The number of nitro benzene ring substituents is 1. The summed E-state index contributed by atoms with van der Waals surface area (Å²) in [7, 11) is 0. The van der Waals surface area contributed by atoms with Crippen LogP contribution in [-0.2, 0) is 6.54 Å². The maximum atomic E-state index is 14.2. The minimum absolute atomic E-state index is 0.0607. The highest BCUT2D eigenvalue weighted by Crippen LogP contribution is 2.29. The number of hydrogen-bond acceptors (Lipinski definition) is 4. The number of halogens is 1. The lowest BCUT2D eigenvalue weighted by Crippen LogP contribution is -2.22. The fourth-order valence-corrected chi connectivity index (χ4v) is 4.81. The van der Waals surface area contributed by atoms with Crippen LogP contribution < -0.4 is 4.80 Å². The molecule has 29 heavy (non-hydrogen) atoms. The highest BCUT2D eigenvalue weighted by Gasteiger charge is 2.18. The molecule has 1 aliphatic rings. The average Bonchev–Trinajstić information content (AvgIpc) is 3.13. The molecule has 0 aliphatic heterocycles. The van der Waals surface area contributed by atoms with Crippen LogP contribution >= 0.6 is 11.3 Å². The summed E-state index contributed by atoms with van der Waals surface area (Å²) in [6, 6.07) is 13.1.